The second-order valence-electron chi connectivity index (χ2n) is 5.43. The number of thiophene rings is 1. The van der Waals surface area contributed by atoms with E-state index in [0.717, 1.165) is 0 Å². The van der Waals surface area contributed by atoms with Crippen LogP contribution in [0.1, 0.15) is 5.56 Å². The van der Waals surface area contributed by atoms with Crippen molar-refractivity contribution >= 4 is 31.5 Å². The summed E-state index contributed by atoms with van der Waals surface area (Å²) < 4.78 is 4.96. The van der Waals surface area contributed by atoms with Gasteiger partial charge in [-0.1, -0.05) is 36.4 Å². The number of nitrogens with zero attached hydrogens (tertiary/aromatic N) is 1. The van der Waals surface area contributed by atoms with E-state index in [4.69, 9.17) is 0 Å². The summed E-state index contributed by atoms with van der Waals surface area (Å²) in [5.41, 5.74) is 3.95. The van der Waals surface area contributed by atoms with Crippen molar-refractivity contribution in [3.63, 3.8) is 0 Å². The molecule has 0 aliphatic carbocycles. The van der Waals surface area contributed by atoms with Gasteiger partial charge in [0, 0.05) is 21.5 Å². The summed E-state index contributed by atoms with van der Waals surface area (Å²) in [6.07, 6.45) is 2.17. The molecule has 4 aromatic rings. The van der Waals surface area contributed by atoms with Gasteiger partial charge in [0.25, 0.3) is 0 Å². The lowest BCUT2D eigenvalue weighted by atomic mass is 10.0. The van der Waals surface area contributed by atoms with Crippen molar-refractivity contribution in [1.82, 2.24) is 0 Å². The molecule has 1 nitrogen and oxygen atoms in total. The predicted molar refractivity (Wildman–Crippen MR) is 90.7 cm³/mol. The van der Waals surface area contributed by atoms with Crippen molar-refractivity contribution < 1.29 is 4.57 Å². The molecule has 0 fully saturated rings. The summed E-state index contributed by atoms with van der Waals surface area (Å²) in [4.78, 5) is 0. The Kier molecular flexibility index (Phi) is 2.79. The minimum atomic E-state index is 1.31. The number of hydrogen-bond donors (Lipinski definition) is 0. The molecule has 0 radical (unpaired) electrons. The molecule has 0 spiro atoms. The lowest BCUT2D eigenvalue weighted by Gasteiger charge is -2.05. The van der Waals surface area contributed by atoms with Crippen molar-refractivity contribution in [2.24, 2.45) is 7.05 Å². The minimum Gasteiger partial charge on any atom is -0.200 e. The second kappa shape index (κ2) is 4.68. The largest absolute Gasteiger partial charge is 0.230 e. The molecule has 0 atom stereocenters. The van der Waals surface area contributed by atoms with Crippen LogP contribution < -0.4 is 4.57 Å². The van der Waals surface area contributed by atoms with Crippen LogP contribution in [0, 0.1) is 6.92 Å². The zero-order chi connectivity index (χ0) is 14.4. The van der Waals surface area contributed by atoms with Crippen LogP contribution in [0.25, 0.3) is 31.4 Å². The molecule has 0 bridgehead atoms. The van der Waals surface area contributed by atoms with Crippen molar-refractivity contribution in [1.29, 1.82) is 0 Å². The highest BCUT2D eigenvalue weighted by Gasteiger charge is 2.19. The summed E-state index contributed by atoms with van der Waals surface area (Å²) in [5.74, 6) is 0. The second-order valence-corrected chi connectivity index (χ2v) is 6.48. The molecule has 2 aromatic carbocycles. The van der Waals surface area contributed by atoms with Gasteiger partial charge in [0.1, 0.15) is 11.7 Å². The molecule has 0 amide bonds. The monoisotopic (exact) mass is 290 g/mol. The smallest absolute Gasteiger partial charge is 0.200 e. The van der Waals surface area contributed by atoms with Crippen LogP contribution in [0.4, 0.5) is 0 Å². The van der Waals surface area contributed by atoms with E-state index in [1.807, 2.05) is 11.3 Å². The van der Waals surface area contributed by atoms with Gasteiger partial charge in [-0.25, -0.2) is 0 Å². The number of rotatable bonds is 1. The van der Waals surface area contributed by atoms with E-state index >= 15 is 0 Å². The van der Waals surface area contributed by atoms with Crippen LogP contribution >= 0.6 is 11.3 Å². The topological polar surface area (TPSA) is 3.88 Å². The van der Waals surface area contributed by atoms with E-state index in [1.54, 1.807) is 0 Å². The molecule has 0 N–H and O–H groups in total. The lowest BCUT2D eigenvalue weighted by molar-refractivity contribution is -0.659. The van der Waals surface area contributed by atoms with E-state index in [9.17, 15) is 0 Å². The van der Waals surface area contributed by atoms with Crippen molar-refractivity contribution in [2.75, 3.05) is 0 Å². The summed E-state index contributed by atoms with van der Waals surface area (Å²) in [6, 6.07) is 19.5. The highest BCUT2D eigenvalue weighted by Crippen LogP contribution is 2.38. The molecular weight excluding hydrogens is 274 g/mol. The van der Waals surface area contributed by atoms with Crippen LogP contribution in [0.2, 0.25) is 0 Å². The van der Waals surface area contributed by atoms with Crippen molar-refractivity contribution in [3.8, 4) is 11.3 Å². The molecule has 102 valence electrons. The maximum Gasteiger partial charge on any atom is 0.230 e. The van der Waals surface area contributed by atoms with Gasteiger partial charge < -0.3 is 0 Å². The fourth-order valence-corrected chi connectivity index (χ4v) is 4.27. The normalized spacial score (nSPS) is 11.3. The molecule has 0 aliphatic heterocycles. The van der Waals surface area contributed by atoms with Gasteiger partial charge in [-0.15, -0.1) is 11.3 Å². The Morgan fingerprint density at radius 3 is 2.48 bits per heavy atom. The third-order valence-corrected chi connectivity index (χ3v) is 5.26. The van der Waals surface area contributed by atoms with Crippen LogP contribution in [0.15, 0.2) is 60.8 Å². The Bertz CT molecular complexity index is 966. The Labute approximate surface area is 128 Å². The molecule has 2 heteroatoms. The maximum absolute atomic E-state index is 2.24. The van der Waals surface area contributed by atoms with E-state index in [2.05, 4.69) is 79.3 Å². The highest BCUT2D eigenvalue weighted by atomic mass is 32.1. The Morgan fingerprint density at radius 1 is 0.857 bits per heavy atom. The number of fused-ring (bicyclic) bond motifs is 3. The minimum absolute atomic E-state index is 1.31. The molecule has 0 saturated carbocycles. The summed E-state index contributed by atoms with van der Waals surface area (Å²) in [6.45, 7) is 2.18. The zero-order valence-corrected chi connectivity index (χ0v) is 12.9. The number of pyridine rings is 1. The zero-order valence-electron chi connectivity index (χ0n) is 12.1. The van der Waals surface area contributed by atoms with Crippen LogP contribution in [-0.2, 0) is 7.05 Å². The van der Waals surface area contributed by atoms with E-state index in [1.165, 1.54) is 37.0 Å². The first kappa shape index (κ1) is 12.5. The Hall–Kier alpha value is -2.19. The molecule has 4 rings (SSSR count). The van der Waals surface area contributed by atoms with E-state index in [0.29, 0.717) is 0 Å². The van der Waals surface area contributed by atoms with E-state index in [-0.39, 0.29) is 0 Å². The third-order valence-electron chi connectivity index (χ3n) is 4.07. The molecule has 0 aliphatic rings. The van der Waals surface area contributed by atoms with Gasteiger partial charge in [-0.3, -0.25) is 0 Å². The maximum atomic E-state index is 2.24. The standard InChI is InChI=1S/C19H16NS/c1-13-7-3-4-8-14(13)18-19-16(11-12-20(18)2)15-9-5-6-10-17(15)21-19/h3-12H,1-2H3/q+1. The highest BCUT2D eigenvalue weighted by molar-refractivity contribution is 7.26. The van der Waals surface area contributed by atoms with Gasteiger partial charge in [0.2, 0.25) is 5.69 Å². The summed E-state index contributed by atoms with van der Waals surface area (Å²) in [5, 5.41) is 2.71. The lowest BCUT2D eigenvalue weighted by Crippen LogP contribution is -2.30. The van der Waals surface area contributed by atoms with E-state index < -0.39 is 0 Å². The SMILES string of the molecule is Cc1ccccc1-c1c2sc3ccccc3c2cc[n+]1C. The molecule has 0 unspecified atom stereocenters. The fourth-order valence-electron chi connectivity index (χ4n) is 2.98. The summed E-state index contributed by atoms with van der Waals surface area (Å²) >= 11 is 1.89. The quantitative estimate of drug-likeness (QED) is 0.441. The van der Waals surface area contributed by atoms with Gasteiger partial charge in [0.05, 0.1) is 5.56 Å². The van der Waals surface area contributed by atoms with Crippen LogP contribution in [-0.4, -0.2) is 0 Å². The fraction of sp³-hybridized carbons (Fsp3) is 0.105. The number of hydrogen-bond acceptors (Lipinski definition) is 1. The first-order valence-electron chi connectivity index (χ1n) is 7.11. The third kappa shape index (κ3) is 1.87. The molecule has 21 heavy (non-hydrogen) atoms. The van der Waals surface area contributed by atoms with Gasteiger partial charge in [-0.05, 0) is 24.6 Å². The Morgan fingerprint density at radius 2 is 1.62 bits per heavy atom. The first-order chi connectivity index (χ1) is 10.3. The van der Waals surface area contributed by atoms with Crippen molar-refractivity contribution in [3.05, 3.63) is 66.4 Å². The predicted octanol–water partition coefficient (Wildman–Crippen LogP) is 4.85. The number of aryl methyl sites for hydroxylation is 2. The molecule has 2 aromatic heterocycles. The van der Waals surface area contributed by atoms with Gasteiger partial charge in [0.15, 0.2) is 6.20 Å². The van der Waals surface area contributed by atoms with Crippen molar-refractivity contribution in [2.45, 2.75) is 6.92 Å². The average molecular weight is 290 g/mol. The van der Waals surface area contributed by atoms with Crippen LogP contribution in [0.3, 0.4) is 0 Å². The number of aromatic nitrogens is 1. The molecule has 0 saturated heterocycles. The number of benzene rings is 2. The molecular formula is C19H16NS+. The van der Waals surface area contributed by atoms with Gasteiger partial charge >= 0.3 is 0 Å². The summed E-state index contributed by atoms with van der Waals surface area (Å²) in [7, 11) is 2.13. The van der Waals surface area contributed by atoms with Crippen LogP contribution in [0.5, 0.6) is 0 Å². The first-order valence-corrected chi connectivity index (χ1v) is 7.93. The molecule has 2 heterocycles. The van der Waals surface area contributed by atoms with Gasteiger partial charge in [-0.2, -0.15) is 4.57 Å². The Balaban J connectivity index is 2.18. The average Bonchev–Trinajstić information content (AvgIpc) is 2.87.